The standard InChI is InChI=1S/C13H15F3N2O/c1-12(5-6-12)17-8-9-3-2-4-10(7-9)18-11(19)13(14,15)16/h2-4,7,17H,5-6,8H2,1H3,(H,18,19). The SMILES string of the molecule is CC1(NCc2cccc(NC(=O)C(F)(F)F)c2)CC1. The summed E-state index contributed by atoms with van der Waals surface area (Å²) in [7, 11) is 0. The zero-order valence-corrected chi connectivity index (χ0v) is 10.5. The predicted molar refractivity (Wildman–Crippen MR) is 65.6 cm³/mol. The first-order valence-electron chi connectivity index (χ1n) is 6.01. The van der Waals surface area contributed by atoms with E-state index in [1.54, 1.807) is 12.1 Å². The molecule has 1 aliphatic carbocycles. The van der Waals surface area contributed by atoms with Crippen LogP contribution >= 0.6 is 0 Å². The molecule has 1 aromatic rings. The molecule has 0 bridgehead atoms. The van der Waals surface area contributed by atoms with Gasteiger partial charge in [-0.2, -0.15) is 13.2 Å². The average molecular weight is 272 g/mol. The number of amides is 1. The molecule has 0 unspecified atom stereocenters. The summed E-state index contributed by atoms with van der Waals surface area (Å²) in [5.74, 6) is -1.95. The van der Waals surface area contributed by atoms with Gasteiger partial charge in [-0.25, -0.2) is 0 Å². The zero-order chi connectivity index (χ0) is 14.1. The van der Waals surface area contributed by atoms with Crippen LogP contribution in [0.15, 0.2) is 24.3 Å². The molecule has 0 spiro atoms. The molecule has 6 heteroatoms. The van der Waals surface area contributed by atoms with E-state index in [2.05, 4.69) is 12.2 Å². The monoisotopic (exact) mass is 272 g/mol. The molecule has 1 aliphatic rings. The van der Waals surface area contributed by atoms with Crippen LogP contribution in [0.2, 0.25) is 0 Å². The van der Waals surface area contributed by atoms with Gasteiger partial charge >= 0.3 is 12.1 Å². The zero-order valence-electron chi connectivity index (χ0n) is 10.5. The molecule has 2 N–H and O–H groups in total. The van der Waals surface area contributed by atoms with Crippen molar-refractivity contribution in [2.75, 3.05) is 5.32 Å². The maximum Gasteiger partial charge on any atom is 0.471 e. The van der Waals surface area contributed by atoms with Crippen LogP contribution < -0.4 is 10.6 Å². The molecule has 0 aliphatic heterocycles. The molecule has 2 rings (SSSR count). The summed E-state index contributed by atoms with van der Waals surface area (Å²) in [5.41, 5.74) is 1.15. The molecule has 104 valence electrons. The Morgan fingerprint density at radius 2 is 2.05 bits per heavy atom. The third kappa shape index (κ3) is 3.96. The van der Waals surface area contributed by atoms with Crippen molar-refractivity contribution in [2.45, 2.75) is 38.0 Å². The van der Waals surface area contributed by atoms with Crippen LogP contribution in [0, 0.1) is 0 Å². The van der Waals surface area contributed by atoms with E-state index in [0.717, 1.165) is 18.4 Å². The highest BCUT2D eigenvalue weighted by molar-refractivity contribution is 5.94. The minimum atomic E-state index is -4.87. The molecular weight excluding hydrogens is 257 g/mol. The number of benzene rings is 1. The topological polar surface area (TPSA) is 41.1 Å². The normalized spacial score (nSPS) is 17.1. The number of carbonyl (C=O) groups is 1. The predicted octanol–water partition coefficient (Wildman–Crippen LogP) is 2.83. The molecule has 3 nitrogen and oxygen atoms in total. The van der Waals surface area contributed by atoms with Gasteiger partial charge in [-0.3, -0.25) is 4.79 Å². The summed E-state index contributed by atoms with van der Waals surface area (Å²) >= 11 is 0. The van der Waals surface area contributed by atoms with Crippen molar-refractivity contribution in [3.05, 3.63) is 29.8 Å². The van der Waals surface area contributed by atoms with Crippen LogP contribution in [-0.2, 0) is 11.3 Å². The maximum absolute atomic E-state index is 12.1. The third-order valence-corrected chi connectivity index (χ3v) is 3.16. The molecular formula is C13H15F3N2O. The maximum atomic E-state index is 12.1. The van der Waals surface area contributed by atoms with Gasteiger partial charge in [-0.1, -0.05) is 12.1 Å². The lowest BCUT2D eigenvalue weighted by Crippen LogP contribution is -2.30. The van der Waals surface area contributed by atoms with Crippen molar-refractivity contribution >= 4 is 11.6 Å². The Morgan fingerprint density at radius 1 is 1.37 bits per heavy atom. The molecule has 0 heterocycles. The molecule has 0 atom stereocenters. The summed E-state index contributed by atoms with van der Waals surface area (Å²) in [6.07, 6.45) is -2.65. The number of hydrogen-bond acceptors (Lipinski definition) is 2. The van der Waals surface area contributed by atoms with E-state index in [9.17, 15) is 18.0 Å². The fourth-order valence-corrected chi connectivity index (χ4v) is 1.64. The minimum absolute atomic E-state index is 0.155. The van der Waals surface area contributed by atoms with Gasteiger partial charge in [0.2, 0.25) is 0 Å². The first-order valence-corrected chi connectivity index (χ1v) is 6.01. The summed E-state index contributed by atoms with van der Waals surface area (Å²) in [4.78, 5) is 10.8. The Hall–Kier alpha value is -1.56. The van der Waals surface area contributed by atoms with Crippen molar-refractivity contribution in [3.8, 4) is 0 Å². The van der Waals surface area contributed by atoms with E-state index in [1.165, 1.54) is 6.07 Å². The molecule has 1 fully saturated rings. The highest BCUT2D eigenvalue weighted by Gasteiger charge is 2.38. The Balaban J connectivity index is 1.96. The second-order valence-corrected chi connectivity index (χ2v) is 5.07. The van der Waals surface area contributed by atoms with Gasteiger partial charge in [-0.15, -0.1) is 0 Å². The van der Waals surface area contributed by atoms with Crippen LogP contribution in [0.4, 0.5) is 18.9 Å². The van der Waals surface area contributed by atoms with Gasteiger partial charge in [0, 0.05) is 17.8 Å². The Labute approximate surface area is 109 Å². The summed E-state index contributed by atoms with van der Waals surface area (Å²) in [6.45, 7) is 2.68. The molecule has 0 aromatic heterocycles. The van der Waals surface area contributed by atoms with E-state index in [4.69, 9.17) is 0 Å². The van der Waals surface area contributed by atoms with E-state index in [0.29, 0.717) is 6.54 Å². The second kappa shape index (κ2) is 4.85. The van der Waals surface area contributed by atoms with Gasteiger partial charge in [0.1, 0.15) is 0 Å². The number of hydrogen-bond donors (Lipinski definition) is 2. The highest BCUT2D eigenvalue weighted by Crippen LogP contribution is 2.34. The molecule has 1 saturated carbocycles. The smallest absolute Gasteiger partial charge is 0.318 e. The quantitative estimate of drug-likeness (QED) is 0.885. The number of anilines is 1. The number of carbonyl (C=O) groups excluding carboxylic acids is 1. The van der Waals surface area contributed by atoms with E-state index < -0.39 is 12.1 Å². The molecule has 1 aromatic carbocycles. The van der Waals surface area contributed by atoms with Crippen LogP contribution in [0.5, 0.6) is 0 Å². The summed E-state index contributed by atoms with van der Waals surface area (Å²) < 4.78 is 36.4. The fraction of sp³-hybridized carbons (Fsp3) is 0.462. The average Bonchev–Trinajstić information content (AvgIpc) is 3.05. The van der Waals surface area contributed by atoms with Crippen molar-refractivity contribution < 1.29 is 18.0 Å². The Bertz CT molecular complexity index is 481. The van der Waals surface area contributed by atoms with Gasteiger partial charge in [0.05, 0.1) is 0 Å². The lowest BCUT2D eigenvalue weighted by atomic mass is 10.2. The number of alkyl halides is 3. The minimum Gasteiger partial charge on any atom is -0.318 e. The van der Waals surface area contributed by atoms with Crippen molar-refractivity contribution in [1.29, 1.82) is 0 Å². The van der Waals surface area contributed by atoms with Crippen LogP contribution in [0.1, 0.15) is 25.3 Å². The Kier molecular flexibility index (Phi) is 3.54. The van der Waals surface area contributed by atoms with Gasteiger partial charge in [0.25, 0.3) is 0 Å². The Morgan fingerprint density at radius 3 is 2.63 bits per heavy atom. The van der Waals surface area contributed by atoms with Crippen molar-refractivity contribution in [3.63, 3.8) is 0 Å². The van der Waals surface area contributed by atoms with Crippen LogP contribution in [0.25, 0.3) is 0 Å². The number of rotatable bonds is 4. The number of halogens is 3. The molecule has 0 saturated heterocycles. The lowest BCUT2D eigenvalue weighted by molar-refractivity contribution is -0.167. The van der Waals surface area contributed by atoms with E-state index in [1.807, 2.05) is 11.4 Å². The molecule has 19 heavy (non-hydrogen) atoms. The van der Waals surface area contributed by atoms with E-state index in [-0.39, 0.29) is 11.2 Å². The molecule has 1 amide bonds. The van der Waals surface area contributed by atoms with Crippen LogP contribution in [-0.4, -0.2) is 17.6 Å². The summed E-state index contributed by atoms with van der Waals surface area (Å²) in [5, 5.41) is 5.17. The largest absolute Gasteiger partial charge is 0.471 e. The van der Waals surface area contributed by atoms with E-state index >= 15 is 0 Å². The third-order valence-electron chi connectivity index (χ3n) is 3.16. The highest BCUT2D eigenvalue weighted by atomic mass is 19.4. The second-order valence-electron chi connectivity index (χ2n) is 5.07. The van der Waals surface area contributed by atoms with Crippen molar-refractivity contribution in [1.82, 2.24) is 5.32 Å². The first-order chi connectivity index (χ1) is 8.78. The fourth-order valence-electron chi connectivity index (χ4n) is 1.64. The summed E-state index contributed by atoms with van der Waals surface area (Å²) in [6, 6.07) is 6.41. The van der Waals surface area contributed by atoms with Crippen LogP contribution in [0.3, 0.4) is 0 Å². The van der Waals surface area contributed by atoms with Gasteiger partial charge in [-0.05, 0) is 37.5 Å². The molecule has 0 radical (unpaired) electrons. The van der Waals surface area contributed by atoms with Crippen molar-refractivity contribution in [2.24, 2.45) is 0 Å². The van der Waals surface area contributed by atoms with Gasteiger partial charge in [0.15, 0.2) is 0 Å². The first kappa shape index (κ1) is 13.9. The van der Waals surface area contributed by atoms with Gasteiger partial charge < -0.3 is 10.6 Å². The number of nitrogens with one attached hydrogen (secondary N) is 2. The lowest BCUT2D eigenvalue weighted by Gasteiger charge is -2.13.